The molecule has 1 saturated carbocycles. The van der Waals surface area contributed by atoms with Crippen molar-refractivity contribution in [2.24, 2.45) is 11.7 Å². The minimum Gasteiger partial charge on any atom is -0.398 e. The van der Waals surface area contributed by atoms with E-state index in [1.807, 2.05) is 11.6 Å². The molecule has 1 unspecified atom stereocenters. The van der Waals surface area contributed by atoms with E-state index in [9.17, 15) is 0 Å². The molecule has 102 valence electrons. The van der Waals surface area contributed by atoms with E-state index in [2.05, 4.69) is 52.1 Å². The molecule has 1 fully saturated rings. The average molecular weight is 322 g/mol. The molecule has 1 heterocycles. The minimum absolute atomic E-state index is 0.140. The van der Waals surface area contributed by atoms with Crippen LogP contribution >= 0.6 is 15.9 Å². The molecule has 3 rings (SSSR count). The summed E-state index contributed by atoms with van der Waals surface area (Å²) in [5, 5.41) is 3.55. The van der Waals surface area contributed by atoms with Crippen molar-refractivity contribution >= 4 is 21.9 Å². The van der Waals surface area contributed by atoms with Crippen molar-refractivity contribution in [1.29, 1.82) is 0 Å². The second-order valence-electron chi connectivity index (χ2n) is 5.61. The SMILES string of the molecule is C[N+]1=C(N)NC(c2cccc(Br)c2)(C2CCCC2)[CH-]1. The Morgan fingerprint density at radius 1 is 1.42 bits per heavy atom. The van der Waals surface area contributed by atoms with Crippen LogP contribution in [-0.4, -0.2) is 17.6 Å². The van der Waals surface area contributed by atoms with E-state index < -0.39 is 0 Å². The Labute approximate surface area is 123 Å². The Hall–Kier alpha value is -1.16. The monoisotopic (exact) mass is 321 g/mol. The molecule has 1 aromatic rings. The Balaban J connectivity index is 2.03. The molecule has 0 radical (unpaired) electrons. The molecule has 0 bridgehead atoms. The molecule has 1 aromatic carbocycles. The highest BCUT2D eigenvalue weighted by atomic mass is 79.9. The Morgan fingerprint density at radius 3 is 2.74 bits per heavy atom. The fourth-order valence-corrected chi connectivity index (χ4v) is 3.82. The first kappa shape index (κ1) is 12.9. The quantitative estimate of drug-likeness (QED) is 0.649. The summed E-state index contributed by atoms with van der Waals surface area (Å²) in [6.07, 6.45) is 5.16. The molecule has 2 aliphatic rings. The van der Waals surface area contributed by atoms with Crippen LogP contribution in [0, 0.1) is 12.5 Å². The van der Waals surface area contributed by atoms with E-state index in [0.717, 1.165) is 10.4 Å². The average Bonchev–Trinajstić information content (AvgIpc) is 2.99. The van der Waals surface area contributed by atoms with Gasteiger partial charge < -0.3 is 15.6 Å². The predicted molar refractivity (Wildman–Crippen MR) is 80.6 cm³/mol. The molecule has 0 saturated heterocycles. The van der Waals surface area contributed by atoms with Gasteiger partial charge in [-0.25, -0.2) is 0 Å². The van der Waals surface area contributed by atoms with Gasteiger partial charge in [-0.1, -0.05) is 47.4 Å². The first-order valence-electron chi connectivity index (χ1n) is 6.87. The van der Waals surface area contributed by atoms with Crippen LogP contribution in [0.4, 0.5) is 0 Å². The molecule has 0 amide bonds. The summed E-state index contributed by atoms with van der Waals surface area (Å²) in [4.78, 5) is 0. The van der Waals surface area contributed by atoms with Gasteiger partial charge in [-0.05, 0) is 36.5 Å². The zero-order valence-electron chi connectivity index (χ0n) is 11.2. The molecule has 3 N–H and O–H groups in total. The minimum atomic E-state index is -0.140. The Morgan fingerprint density at radius 2 is 2.16 bits per heavy atom. The van der Waals surface area contributed by atoms with E-state index >= 15 is 0 Å². The van der Waals surface area contributed by atoms with Crippen molar-refractivity contribution in [1.82, 2.24) is 5.32 Å². The van der Waals surface area contributed by atoms with Gasteiger partial charge >= 0.3 is 0 Å². The van der Waals surface area contributed by atoms with Crippen LogP contribution < -0.4 is 11.1 Å². The van der Waals surface area contributed by atoms with Gasteiger partial charge in [0.15, 0.2) is 5.96 Å². The maximum absolute atomic E-state index is 6.09. The molecule has 0 aromatic heterocycles. The van der Waals surface area contributed by atoms with E-state index in [-0.39, 0.29) is 5.54 Å². The van der Waals surface area contributed by atoms with Gasteiger partial charge in [0.05, 0.1) is 5.54 Å². The lowest BCUT2D eigenvalue weighted by molar-refractivity contribution is -0.455. The highest BCUT2D eigenvalue weighted by Crippen LogP contribution is 2.44. The zero-order valence-corrected chi connectivity index (χ0v) is 12.8. The number of guanidine groups is 1. The molecule has 3 nitrogen and oxygen atoms in total. The molecular formula is C15H20BrN3. The van der Waals surface area contributed by atoms with E-state index in [1.54, 1.807) is 0 Å². The third kappa shape index (κ3) is 2.12. The van der Waals surface area contributed by atoms with Crippen LogP contribution in [0.15, 0.2) is 28.7 Å². The second kappa shape index (κ2) is 4.75. The van der Waals surface area contributed by atoms with Gasteiger partial charge in [-0.2, -0.15) is 0 Å². The summed E-state index contributed by atoms with van der Waals surface area (Å²) in [6.45, 7) is 2.25. The van der Waals surface area contributed by atoms with Gasteiger partial charge in [-0.15, -0.1) is 0 Å². The fourth-order valence-electron chi connectivity index (χ4n) is 3.42. The molecule has 1 atom stereocenters. The maximum Gasteiger partial charge on any atom is 0.197 e. The number of benzene rings is 1. The van der Waals surface area contributed by atoms with Gasteiger partial charge in [0.25, 0.3) is 0 Å². The number of nitrogens with one attached hydrogen (secondary N) is 1. The van der Waals surface area contributed by atoms with Crippen molar-refractivity contribution in [2.45, 2.75) is 31.2 Å². The van der Waals surface area contributed by atoms with Crippen molar-refractivity contribution in [3.05, 3.63) is 40.8 Å². The van der Waals surface area contributed by atoms with Crippen LogP contribution in [-0.2, 0) is 5.54 Å². The summed E-state index contributed by atoms with van der Waals surface area (Å²) in [6, 6.07) is 8.56. The van der Waals surface area contributed by atoms with Gasteiger partial charge in [0.2, 0.25) is 0 Å². The number of hydrogen-bond donors (Lipinski definition) is 2. The summed E-state index contributed by atoms with van der Waals surface area (Å²) in [7, 11) is 2.01. The number of hydrogen-bond acceptors (Lipinski definition) is 2. The van der Waals surface area contributed by atoms with Crippen molar-refractivity contribution in [3.8, 4) is 0 Å². The number of nitrogens with zero attached hydrogens (tertiary/aromatic N) is 1. The highest BCUT2D eigenvalue weighted by Gasteiger charge is 2.44. The summed E-state index contributed by atoms with van der Waals surface area (Å²) < 4.78 is 3.13. The van der Waals surface area contributed by atoms with Crippen LogP contribution in [0.25, 0.3) is 0 Å². The van der Waals surface area contributed by atoms with Crippen LogP contribution in [0.5, 0.6) is 0 Å². The topological polar surface area (TPSA) is 41.1 Å². The predicted octanol–water partition coefficient (Wildman–Crippen LogP) is 2.56. The van der Waals surface area contributed by atoms with Crippen LogP contribution in [0.2, 0.25) is 0 Å². The molecule has 1 aliphatic heterocycles. The molecule has 19 heavy (non-hydrogen) atoms. The fraction of sp³-hybridized carbons (Fsp3) is 0.467. The Bertz CT molecular complexity index is 504. The van der Waals surface area contributed by atoms with Gasteiger partial charge in [0.1, 0.15) is 0 Å². The lowest BCUT2D eigenvalue weighted by Crippen LogP contribution is -2.48. The summed E-state index contributed by atoms with van der Waals surface area (Å²) in [5.74, 6) is 1.36. The largest absolute Gasteiger partial charge is 0.398 e. The number of halogens is 1. The van der Waals surface area contributed by atoms with E-state index in [0.29, 0.717) is 5.92 Å². The molecule has 4 heteroatoms. The van der Waals surface area contributed by atoms with Gasteiger partial charge in [-0.3, -0.25) is 0 Å². The van der Waals surface area contributed by atoms with Crippen molar-refractivity contribution in [2.75, 3.05) is 7.05 Å². The summed E-state index contributed by atoms with van der Waals surface area (Å²) >= 11 is 3.58. The van der Waals surface area contributed by atoms with E-state index in [4.69, 9.17) is 5.73 Å². The smallest absolute Gasteiger partial charge is 0.197 e. The number of rotatable bonds is 2. The Kier molecular flexibility index (Phi) is 3.21. The first-order valence-corrected chi connectivity index (χ1v) is 7.66. The lowest BCUT2D eigenvalue weighted by atomic mass is 9.77. The zero-order chi connectivity index (χ0) is 13.5. The third-order valence-corrected chi connectivity index (χ3v) is 4.91. The standard InChI is InChI=1S/C15H20BrN3/c1-19-10-15(18-14(19)17,11-5-2-3-6-11)12-7-4-8-13(16)9-12/h4,7-11,18H,2-3,5-6,17H2,1H3. The first-order chi connectivity index (χ1) is 9.12. The second-order valence-corrected chi connectivity index (χ2v) is 6.53. The molecule has 1 aliphatic carbocycles. The van der Waals surface area contributed by atoms with Crippen molar-refractivity contribution < 1.29 is 4.58 Å². The van der Waals surface area contributed by atoms with Crippen LogP contribution in [0.1, 0.15) is 31.2 Å². The normalized spacial score (nSPS) is 27.5. The highest BCUT2D eigenvalue weighted by molar-refractivity contribution is 9.10. The van der Waals surface area contributed by atoms with E-state index in [1.165, 1.54) is 31.2 Å². The van der Waals surface area contributed by atoms with Crippen LogP contribution in [0.3, 0.4) is 0 Å². The number of nitrogens with two attached hydrogens (primary N) is 1. The molecular weight excluding hydrogens is 302 g/mol. The van der Waals surface area contributed by atoms with Gasteiger partial charge in [0, 0.05) is 11.5 Å². The summed E-state index contributed by atoms with van der Waals surface area (Å²) in [5.41, 5.74) is 7.24. The maximum atomic E-state index is 6.09. The number of likely N-dealkylation sites (N-methyl/N-ethyl adjacent to an activating group) is 1. The lowest BCUT2D eigenvalue weighted by Gasteiger charge is -2.38. The third-order valence-electron chi connectivity index (χ3n) is 4.41. The van der Waals surface area contributed by atoms with Crippen molar-refractivity contribution in [3.63, 3.8) is 0 Å². The molecule has 0 spiro atoms.